The van der Waals surface area contributed by atoms with Crippen molar-refractivity contribution in [3.63, 3.8) is 0 Å². The highest BCUT2D eigenvalue weighted by atomic mass is 16.5. The third-order valence-corrected chi connectivity index (χ3v) is 4.03. The van der Waals surface area contributed by atoms with E-state index in [1.54, 1.807) is 0 Å². The zero-order chi connectivity index (χ0) is 14.4. The molecule has 3 nitrogen and oxygen atoms in total. The molecule has 1 unspecified atom stereocenters. The third kappa shape index (κ3) is 3.97. The minimum atomic E-state index is 0.550. The van der Waals surface area contributed by atoms with Gasteiger partial charge < -0.3 is 15.0 Å². The molecule has 0 aromatic heterocycles. The van der Waals surface area contributed by atoms with Crippen LogP contribution in [0.2, 0.25) is 0 Å². The summed E-state index contributed by atoms with van der Waals surface area (Å²) in [7, 11) is 0. The molecule has 1 atom stereocenters. The number of nitrogens with one attached hydrogen (secondary N) is 1. The molecule has 3 heteroatoms. The molecule has 1 aromatic carbocycles. The molecule has 20 heavy (non-hydrogen) atoms. The maximum absolute atomic E-state index is 5.48. The van der Waals surface area contributed by atoms with Crippen molar-refractivity contribution in [3.05, 3.63) is 29.8 Å². The summed E-state index contributed by atoms with van der Waals surface area (Å²) in [6.45, 7) is 11.4. The average molecular weight is 276 g/mol. The Kier molecular flexibility index (Phi) is 5.86. The van der Waals surface area contributed by atoms with Crippen LogP contribution in [0.5, 0.6) is 0 Å². The monoisotopic (exact) mass is 276 g/mol. The first-order chi connectivity index (χ1) is 9.72. The fourth-order valence-electron chi connectivity index (χ4n) is 2.77. The molecule has 0 saturated carbocycles. The molecular formula is C17H28N2O. The van der Waals surface area contributed by atoms with E-state index >= 15 is 0 Å². The van der Waals surface area contributed by atoms with E-state index in [1.807, 2.05) is 0 Å². The molecule has 0 radical (unpaired) electrons. The SMILES string of the molecule is CCOCCCN1CC(C(C)C)NCc2ccccc21. The summed E-state index contributed by atoms with van der Waals surface area (Å²) in [4.78, 5) is 2.53. The molecule has 0 saturated heterocycles. The third-order valence-electron chi connectivity index (χ3n) is 4.03. The fourth-order valence-corrected chi connectivity index (χ4v) is 2.77. The highest BCUT2D eigenvalue weighted by Crippen LogP contribution is 2.25. The van der Waals surface area contributed by atoms with Crippen LogP contribution in [-0.4, -0.2) is 32.3 Å². The summed E-state index contributed by atoms with van der Waals surface area (Å²) in [6, 6.07) is 9.31. The van der Waals surface area contributed by atoms with Gasteiger partial charge in [-0.05, 0) is 30.9 Å². The lowest BCUT2D eigenvalue weighted by Gasteiger charge is -2.29. The van der Waals surface area contributed by atoms with Gasteiger partial charge in [-0.2, -0.15) is 0 Å². The van der Waals surface area contributed by atoms with Crippen LogP contribution >= 0.6 is 0 Å². The Morgan fingerprint density at radius 3 is 2.90 bits per heavy atom. The van der Waals surface area contributed by atoms with Gasteiger partial charge in [-0.3, -0.25) is 0 Å². The summed E-state index contributed by atoms with van der Waals surface area (Å²) in [6.07, 6.45) is 1.09. The Labute approximate surface area is 123 Å². The Balaban J connectivity index is 2.07. The Morgan fingerprint density at radius 1 is 1.35 bits per heavy atom. The Morgan fingerprint density at radius 2 is 2.15 bits per heavy atom. The van der Waals surface area contributed by atoms with Crippen molar-refractivity contribution in [2.75, 3.05) is 31.2 Å². The molecule has 1 aromatic rings. The van der Waals surface area contributed by atoms with E-state index in [-0.39, 0.29) is 0 Å². The van der Waals surface area contributed by atoms with Gasteiger partial charge in [0.15, 0.2) is 0 Å². The van der Waals surface area contributed by atoms with E-state index in [0.29, 0.717) is 12.0 Å². The second kappa shape index (κ2) is 7.65. The quantitative estimate of drug-likeness (QED) is 0.808. The van der Waals surface area contributed by atoms with Gasteiger partial charge in [-0.1, -0.05) is 32.0 Å². The number of hydrogen-bond donors (Lipinski definition) is 1. The van der Waals surface area contributed by atoms with Gasteiger partial charge in [0.1, 0.15) is 0 Å². The van der Waals surface area contributed by atoms with Crippen LogP contribution in [0.1, 0.15) is 32.8 Å². The van der Waals surface area contributed by atoms with E-state index in [9.17, 15) is 0 Å². The summed E-state index contributed by atoms with van der Waals surface area (Å²) >= 11 is 0. The van der Waals surface area contributed by atoms with E-state index in [0.717, 1.165) is 39.3 Å². The van der Waals surface area contributed by atoms with Gasteiger partial charge in [-0.25, -0.2) is 0 Å². The van der Waals surface area contributed by atoms with E-state index in [4.69, 9.17) is 4.74 Å². The van der Waals surface area contributed by atoms with Crippen molar-refractivity contribution in [1.29, 1.82) is 0 Å². The van der Waals surface area contributed by atoms with Crippen LogP contribution in [0.3, 0.4) is 0 Å². The first-order valence-corrected chi connectivity index (χ1v) is 7.86. The minimum Gasteiger partial charge on any atom is -0.382 e. The molecule has 1 heterocycles. The van der Waals surface area contributed by atoms with Crippen LogP contribution in [-0.2, 0) is 11.3 Å². The standard InChI is InChI=1S/C17H28N2O/c1-4-20-11-7-10-19-13-16(14(2)3)18-12-15-8-5-6-9-17(15)19/h5-6,8-9,14,16,18H,4,7,10-13H2,1-3H3. The molecular weight excluding hydrogens is 248 g/mol. The van der Waals surface area contributed by atoms with Crippen molar-refractivity contribution in [1.82, 2.24) is 5.32 Å². The predicted molar refractivity (Wildman–Crippen MR) is 85.2 cm³/mol. The fraction of sp³-hybridized carbons (Fsp3) is 0.647. The van der Waals surface area contributed by atoms with E-state index < -0.39 is 0 Å². The zero-order valence-electron chi connectivity index (χ0n) is 13.1. The van der Waals surface area contributed by atoms with Gasteiger partial charge in [0.2, 0.25) is 0 Å². The lowest BCUT2D eigenvalue weighted by molar-refractivity contribution is 0.146. The van der Waals surface area contributed by atoms with Crippen LogP contribution in [0.4, 0.5) is 5.69 Å². The number of rotatable bonds is 6. The smallest absolute Gasteiger partial charge is 0.0482 e. The molecule has 0 fully saturated rings. The maximum Gasteiger partial charge on any atom is 0.0482 e. The second-order valence-electron chi connectivity index (χ2n) is 5.86. The van der Waals surface area contributed by atoms with Crippen molar-refractivity contribution in [3.8, 4) is 0 Å². The largest absolute Gasteiger partial charge is 0.382 e. The number of anilines is 1. The molecule has 2 rings (SSSR count). The number of fused-ring (bicyclic) bond motifs is 1. The van der Waals surface area contributed by atoms with Crippen LogP contribution < -0.4 is 10.2 Å². The molecule has 0 amide bonds. The molecule has 1 aliphatic rings. The van der Waals surface area contributed by atoms with Gasteiger partial charge in [0.05, 0.1) is 0 Å². The van der Waals surface area contributed by atoms with Crippen LogP contribution in [0, 0.1) is 5.92 Å². The highest BCUT2D eigenvalue weighted by Gasteiger charge is 2.22. The van der Waals surface area contributed by atoms with Gasteiger partial charge >= 0.3 is 0 Å². The Bertz CT molecular complexity index is 406. The topological polar surface area (TPSA) is 24.5 Å². The van der Waals surface area contributed by atoms with Gasteiger partial charge in [0, 0.05) is 44.6 Å². The van der Waals surface area contributed by atoms with Crippen molar-refractivity contribution < 1.29 is 4.74 Å². The molecule has 1 aliphatic heterocycles. The van der Waals surface area contributed by atoms with Gasteiger partial charge in [0.25, 0.3) is 0 Å². The summed E-state index contributed by atoms with van der Waals surface area (Å²) < 4.78 is 5.48. The number of benzene rings is 1. The number of para-hydroxylation sites is 1. The van der Waals surface area contributed by atoms with Gasteiger partial charge in [-0.15, -0.1) is 0 Å². The molecule has 112 valence electrons. The minimum absolute atomic E-state index is 0.550. The van der Waals surface area contributed by atoms with E-state index in [1.165, 1.54) is 11.3 Å². The molecule has 1 N–H and O–H groups in total. The number of nitrogens with zero attached hydrogens (tertiary/aromatic N) is 1. The summed E-state index contributed by atoms with van der Waals surface area (Å²) in [5, 5.41) is 3.70. The molecule has 0 bridgehead atoms. The lowest BCUT2D eigenvalue weighted by atomic mass is 10.0. The number of hydrogen-bond acceptors (Lipinski definition) is 3. The van der Waals surface area contributed by atoms with E-state index in [2.05, 4.69) is 55.3 Å². The van der Waals surface area contributed by atoms with Crippen LogP contribution in [0.25, 0.3) is 0 Å². The maximum atomic E-state index is 5.48. The van der Waals surface area contributed by atoms with Crippen molar-refractivity contribution >= 4 is 5.69 Å². The van der Waals surface area contributed by atoms with Crippen molar-refractivity contribution in [2.45, 2.75) is 39.8 Å². The first-order valence-electron chi connectivity index (χ1n) is 7.86. The molecule has 0 aliphatic carbocycles. The molecule has 0 spiro atoms. The Hall–Kier alpha value is -1.06. The lowest BCUT2D eigenvalue weighted by Crippen LogP contribution is -2.42. The first kappa shape index (κ1) is 15.3. The summed E-state index contributed by atoms with van der Waals surface area (Å²) in [5.41, 5.74) is 2.80. The number of ether oxygens (including phenoxy) is 1. The predicted octanol–water partition coefficient (Wildman–Crippen LogP) is 3.05. The second-order valence-corrected chi connectivity index (χ2v) is 5.86. The highest BCUT2D eigenvalue weighted by molar-refractivity contribution is 5.54. The normalized spacial score (nSPS) is 19.0. The average Bonchev–Trinajstić information content (AvgIpc) is 2.64. The summed E-state index contributed by atoms with van der Waals surface area (Å²) in [5.74, 6) is 0.652. The zero-order valence-corrected chi connectivity index (χ0v) is 13.1. The van der Waals surface area contributed by atoms with Crippen molar-refractivity contribution in [2.24, 2.45) is 5.92 Å². The van der Waals surface area contributed by atoms with Crippen LogP contribution in [0.15, 0.2) is 24.3 Å².